The standard InChI is InChI=1S/C13H25N3O/c1-3-15-7-9-16(10-8-15)12(17)13(2)6-4-5-11(13)14/h11H,3-10,14H2,1-2H3. The molecule has 0 bridgehead atoms. The predicted molar refractivity (Wildman–Crippen MR) is 68.6 cm³/mol. The molecule has 0 aromatic heterocycles. The fourth-order valence-corrected chi connectivity index (χ4v) is 3.09. The first kappa shape index (κ1) is 12.8. The molecule has 1 heterocycles. The summed E-state index contributed by atoms with van der Waals surface area (Å²) in [5.74, 6) is 0.290. The van der Waals surface area contributed by atoms with E-state index < -0.39 is 0 Å². The molecular weight excluding hydrogens is 214 g/mol. The number of nitrogens with zero attached hydrogens (tertiary/aromatic N) is 2. The van der Waals surface area contributed by atoms with E-state index in [-0.39, 0.29) is 11.5 Å². The highest BCUT2D eigenvalue weighted by Crippen LogP contribution is 2.38. The van der Waals surface area contributed by atoms with Crippen LogP contribution in [0.3, 0.4) is 0 Å². The number of piperazine rings is 1. The Morgan fingerprint density at radius 2 is 2.00 bits per heavy atom. The number of hydrogen-bond acceptors (Lipinski definition) is 3. The van der Waals surface area contributed by atoms with Crippen LogP contribution in [-0.4, -0.2) is 54.5 Å². The Bertz CT molecular complexity index is 286. The van der Waals surface area contributed by atoms with Crippen LogP contribution < -0.4 is 5.73 Å². The minimum Gasteiger partial charge on any atom is -0.340 e. The summed E-state index contributed by atoms with van der Waals surface area (Å²) in [6.07, 6.45) is 3.05. The van der Waals surface area contributed by atoms with Crippen molar-refractivity contribution in [3.63, 3.8) is 0 Å². The molecule has 0 radical (unpaired) electrons. The van der Waals surface area contributed by atoms with Crippen LogP contribution in [-0.2, 0) is 4.79 Å². The van der Waals surface area contributed by atoms with Gasteiger partial charge >= 0.3 is 0 Å². The third kappa shape index (κ3) is 2.33. The average molecular weight is 239 g/mol. The normalized spacial score (nSPS) is 35.2. The number of carbonyl (C=O) groups is 1. The van der Waals surface area contributed by atoms with Crippen LogP contribution in [0.1, 0.15) is 33.1 Å². The highest BCUT2D eigenvalue weighted by atomic mass is 16.2. The van der Waals surface area contributed by atoms with Crippen molar-refractivity contribution in [2.24, 2.45) is 11.1 Å². The van der Waals surface area contributed by atoms with Gasteiger partial charge in [0.1, 0.15) is 0 Å². The molecule has 2 fully saturated rings. The number of likely N-dealkylation sites (N-methyl/N-ethyl adjacent to an activating group) is 1. The fraction of sp³-hybridized carbons (Fsp3) is 0.923. The lowest BCUT2D eigenvalue weighted by molar-refractivity contribution is -0.143. The molecule has 2 unspecified atom stereocenters. The van der Waals surface area contributed by atoms with Crippen LogP contribution in [0.15, 0.2) is 0 Å². The van der Waals surface area contributed by atoms with Gasteiger partial charge in [0.05, 0.1) is 5.41 Å². The van der Waals surface area contributed by atoms with Crippen molar-refractivity contribution in [2.75, 3.05) is 32.7 Å². The third-order valence-corrected chi connectivity index (χ3v) is 4.62. The molecule has 0 aromatic carbocycles. The van der Waals surface area contributed by atoms with Gasteiger partial charge in [0.2, 0.25) is 5.91 Å². The maximum atomic E-state index is 12.6. The van der Waals surface area contributed by atoms with Gasteiger partial charge in [0.15, 0.2) is 0 Å². The zero-order chi connectivity index (χ0) is 12.5. The van der Waals surface area contributed by atoms with Crippen molar-refractivity contribution < 1.29 is 4.79 Å². The Balaban J connectivity index is 1.97. The summed E-state index contributed by atoms with van der Waals surface area (Å²) < 4.78 is 0. The molecule has 2 aliphatic rings. The molecule has 0 aromatic rings. The van der Waals surface area contributed by atoms with Crippen molar-refractivity contribution in [1.29, 1.82) is 0 Å². The molecular formula is C13H25N3O. The molecule has 1 saturated carbocycles. The summed E-state index contributed by atoms with van der Waals surface area (Å²) in [5.41, 5.74) is 5.82. The maximum Gasteiger partial charge on any atom is 0.230 e. The molecule has 4 heteroatoms. The van der Waals surface area contributed by atoms with Gasteiger partial charge in [-0.15, -0.1) is 0 Å². The number of carbonyl (C=O) groups excluding carboxylic acids is 1. The molecule has 4 nitrogen and oxygen atoms in total. The molecule has 1 amide bonds. The van der Waals surface area contributed by atoms with E-state index in [1.807, 2.05) is 4.90 Å². The minimum absolute atomic E-state index is 0.0548. The van der Waals surface area contributed by atoms with Crippen LogP contribution >= 0.6 is 0 Å². The second-order valence-corrected chi connectivity index (χ2v) is 5.64. The topological polar surface area (TPSA) is 49.6 Å². The van der Waals surface area contributed by atoms with Gasteiger partial charge in [-0.25, -0.2) is 0 Å². The van der Waals surface area contributed by atoms with Crippen molar-refractivity contribution in [3.8, 4) is 0 Å². The van der Waals surface area contributed by atoms with Gasteiger partial charge in [-0.3, -0.25) is 4.79 Å². The van der Waals surface area contributed by atoms with Crippen LogP contribution in [0.4, 0.5) is 0 Å². The zero-order valence-corrected chi connectivity index (χ0v) is 11.1. The summed E-state index contributed by atoms with van der Waals surface area (Å²) in [7, 11) is 0. The number of rotatable bonds is 2. The van der Waals surface area contributed by atoms with Crippen LogP contribution in [0.25, 0.3) is 0 Å². The second kappa shape index (κ2) is 4.94. The lowest BCUT2D eigenvalue weighted by atomic mass is 9.83. The number of hydrogen-bond donors (Lipinski definition) is 1. The molecule has 2 rings (SSSR count). The Hall–Kier alpha value is -0.610. The first-order valence-corrected chi connectivity index (χ1v) is 6.85. The van der Waals surface area contributed by atoms with Crippen LogP contribution in [0.5, 0.6) is 0 Å². The van der Waals surface area contributed by atoms with Gasteiger partial charge in [-0.1, -0.05) is 13.3 Å². The van der Waals surface area contributed by atoms with E-state index in [2.05, 4.69) is 18.7 Å². The smallest absolute Gasteiger partial charge is 0.230 e. The summed E-state index contributed by atoms with van der Waals surface area (Å²) in [6, 6.07) is 0.0548. The van der Waals surface area contributed by atoms with Crippen molar-refractivity contribution >= 4 is 5.91 Å². The lowest BCUT2D eigenvalue weighted by Gasteiger charge is -2.39. The minimum atomic E-state index is -0.297. The fourth-order valence-electron chi connectivity index (χ4n) is 3.09. The first-order chi connectivity index (χ1) is 8.08. The number of amides is 1. The zero-order valence-electron chi connectivity index (χ0n) is 11.1. The van der Waals surface area contributed by atoms with Crippen LogP contribution in [0, 0.1) is 5.41 Å². The summed E-state index contributed by atoms with van der Waals surface area (Å²) >= 11 is 0. The molecule has 2 N–H and O–H groups in total. The van der Waals surface area contributed by atoms with E-state index in [0.717, 1.165) is 52.0 Å². The quantitative estimate of drug-likeness (QED) is 0.770. The molecule has 0 spiro atoms. The molecule has 1 saturated heterocycles. The highest BCUT2D eigenvalue weighted by molar-refractivity contribution is 5.83. The Labute approximate surface area is 104 Å². The van der Waals surface area contributed by atoms with Gasteiger partial charge < -0.3 is 15.5 Å². The van der Waals surface area contributed by atoms with E-state index >= 15 is 0 Å². The van der Waals surface area contributed by atoms with E-state index in [1.54, 1.807) is 0 Å². The predicted octanol–water partition coefficient (Wildman–Crippen LogP) is 0.668. The monoisotopic (exact) mass is 239 g/mol. The molecule has 2 atom stereocenters. The molecule has 1 aliphatic heterocycles. The summed E-state index contributed by atoms with van der Waals surface area (Å²) in [5, 5.41) is 0. The maximum absolute atomic E-state index is 12.6. The van der Waals surface area contributed by atoms with Crippen molar-refractivity contribution in [2.45, 2.75) is 39.2 Å². The highest BCUT2D eigenvalue weighted by Gasteiger charge is 2.45. The van der Waals surface area contributed by atoms with Crippen LogP contribution in [0.2, 0.25) is 0 Å². The third-order valence-electron chi connectivity index (χ3n) is 4.62. The van der Waals surface area contributed by atoms with E-state index in [4.69, 9.17) is 5.73 Å². The van der Waals surface area contributed by atoms with Crippen molar-refractivity contribution in [3.05, 3.63) is 0 Å². The van der Waals surface area contributed by atoms with Gasteiger partial charge in [0, 0.05) is 32.2 Å². The lowest BCUT2D eigenvalue weighted by Crippen LogP contribution is -2.55. The van der Waals surface area contributed by atoms with E-state index in [9.17, 15) is 4.79 Å². The molecule has 17 heavy (non-hydrogen) atoms. The molecule has 98 valence electrons. The van der Waals surface area contributed by atoms with E-state index in [0.29, 0.717) is 5.91 Å². The summed E-state index contributed by atoms with van der Waals surface area (Å²) in [4.78, 5) is 17.0. The van der Waals surface area contributed by atoms with Gasteiger partial charge in [-0.05, 0) is 26.3 Å². The Morgan fingerprint density at radius 1 is 1.35 bits per heavy atom. The molecule has 1 aliphatic carbocycles. The Morgan fingerprint density at radius 3 is 2.47 bits per heavy atom. The largest absolute Gasteiger partial charge is 0.340 e. The van der Waals surface area contributed by atoms with Crippen molar-refractivity contribution in [1.82, 2.24) is 9.80 Å². The second-order valence-electron chi connectivity index (χ2n) is 5.64. The number of nitrogens with two attached hydrogens (primary N) is 1. The average Bonchev–Trinajstić information content (AvgIpc) is 2.70. The Kier molecular flexibility index (Phi) is 3.73. The first-order valence-electron chi connectivity index (χ1n) is 6.85. The van der Waals surface area contributed by atoms with E-state index in [1.165, 1.54) is 0 Å². The van der Waals surface area contributed by atoms with Gasteiger partial charge in [-0.2, -0.15) is 0 Å². The summed E-state index contributed by atoms with van der Waals surface area (Å²) in [6.45, 7) is 9.06. The SMILES string of the molecule is CCN1CCN(C(=O)C2(C)CCCC2N)CC1. The van der Waals surface area contributed by atoms with Gasteiger partial charge in [0.25, 0.3) is 0 Å².